The second-order valence-corrected chi connectivity index (χ2v) is 8.78. The Morgan fingerprint density at radius 2 is 2.00 bits per heavy atom. The number of nitrogens with one attached hydrogen (secondary N) is 2. The van der Waals surface area contributed by atoms with Crippen LogP contribution in [0.1, 0.15) is 63.1 Å². The summed E-state index contributed by atoms with van der Waals surface area (Å²) < 4.78 is 5.30. The number of anilines is 1. The quantitative estimate of drug-likeness (QED) is 0.757. The van der Waals surface area contributed by atoms with Gasteiger partial charge in [-0.2, -0.15) is 0 Å². The van der Waals surface area contributed by atoms with E-state index in [1.807, 2.05) is 32.0 Å². The number of amides is 1. The monoisotopic (exact) mass is 401 g/mol. The minimum absolute atomic E-state index is 0.194. The molecule has 28 heavy (non-hydrogen) atoms. The minimum atomic E-state index is -0.344. The first kappa shape index (κ1) is 20.6. The molecule has 0 saturated carbocycles. The Labute approximate surface area is 170 Å². The third-order valence-electron chi connectivity index (χ3n) is 5.47. The molecule has 0 spiro atoms. The van der Waals surface area contributed by atoms with Gasteiger partial charge in [-0.05, 0) is 63.4 Å². The lowest BCUT2D eigenvalue weighted by atomic mass is 10.0. The highest BCUT2D eigenvalue weighted by Crippen LogP contribution is 2.35. The number of thiophene rings is 1. The molecule has 5 nitrogen and oxygen atoms in total. The van der Waals surface area contributed by atoms with Crippen LogP contribution in [-0.2, 0) is 17.7 Å². The third-order valence-corrected chi connectivity index (χ3v) is 6.61. The van der Waals surface area contributed by atoms with E-state index in [0.717, 1.165) is 36.2 Å². The average molecular weight is 402 g/mol. The smallest absolute Gasteiger partial charge is 0.341 e. The predicted molar refractivity (Wildman–Crippen MR) is 113 cm³/mol. The van der Waals surface area contributed by atoms with Crippen LogP contribution in [0, 0.1) is 13.8 Å². The molecule has 1 atom stereocenters. The zero-order chi connectivity index (χ0) is 20.4. The standard InChI is InChI=1S/C22H28N2O3S/c1-6-27-22(26)19-17-9-10-24(13(2)3)12-18(17)28-21(19)23-20(25)16-8-7-14(4)15(5)11-16/h7-8,11,13H,6,9-10,12H2,1-5H3,(H,23,25)/p+1. The maximum Gasteiger partial charge on any atom is 0.341 e. The molecule has 6 heteroatoms. The number of carbonyl (C=O) groups is 2. The van der Waals surface area contributed by atoms with Crippen molar-refractivity contribution in [3.63, 3.8) is 0 Å². The van der Waals surface area contributed by atoms with Crippen LogP contribution in [0.15, 0.2) is 18.2 Å². The van der Waals surface area contributed by atoms with Crippen molar-refractivity contribution in [2.24, 2.45) is 0 Å². The maximum atomic E-state index is 12.8. The van der Waals surface area contributed by atoms with E-state index in [1.54, 1.807) is 6.92 Å². The summed E-state index contributed by atoms with van der Waals surface area (Å²) in [5, 5.41) is 3.59. The lowest BCUT2D eigenvalue weighted by Gasteiger charge is -2.27. The number of rotatable bonds is 5. The van der Waals surface area contributed by atoms with Gasteiger partial charge in [-0.3, -0.25) is 4.79 Å². The molecule has 0 saturated heterocycles. The predicted octanol–water partition coefficient (Wildman–Crippen LogP) is 3.14. The highest BCUT2D eigenvalue weighted by atomic mass is 32.1. The zero-order valence-corrected chi connectivity index (χ0v) is 18.1. The summed E-state index contributed by atoms with van der Waals surface area (Å²) in [6.07, 6.45) is 0.826. The van der Waals surface area contributed by atoms with Crippen LogP contribution in [0.3, 0.4) is 0 Å². The van der Waals surface area contributed by atoms with Gasteiger partial charge in [-0.25, -0.2) is 4.79 Å². The van der Waals surface area contributed by atoms with Gasteiger partial charge in [-0.15, -0.1) is 11.3 Å². The fourth-order valence-electron chi connectivity index (χ4n) is 3.56. The molecule has 0 radical (unpaired) electrons. The van der Waals surface area contributed by atoms with Gasteiger partial charge in [-0.1, -0.05) is 6.07 Å². The lowest BCUT2D eigenvalue weighted by molar-refractivity contribution is -0.936. The van der Waals surface area contributed by atoms with Gasteiger partial charge >= 0.3 is 5.97 Å². The largest absolute Gasteiger partial charge is 0.462 e. The Kier molecular flexibility index (Phi) is 6.20. The van der Waals surface area contributed by atoms with Crippen LogP contribution in [0.5, 0.6) is 0 Å². The molecule has 0 aliphatic carbocycles. The molecular formula is C22H29N2O3S+. The van der Waals surface area contributed by atoms with E-state index in [4.69, 9.17) is 4.74 Å². The summed E-state index contributed by atoms with van der Waals surface area (Å²) in [5.41, 5.74) is 4.40. The first-order valence-electron chi connectivity index (χ1n) is 9.86. The van der Waals surface area contributed by atoms with Gasteiger partial charge in [0.2, 0.25) is 0 Å². The molecular weight excluding hydrogens is 372 g/mol. The Balaban J connectivity index is 1.94. The maximum absolute atomic E-state index is 12.8. The van der Waals surface area contributed by atoms with Crippen LogP contribution < -0.4 is 10.2 Å². The van der Waals surface area contributed by atoms with E-state index in [-0.39, 0.29) is 11.9 Å². The first-order chi connectivity index (χ1) is 13.3. The number of fused-ring (bicyclic) bond motifs is 1. The zero-order valence-electron chi connectivity index (χ0n) is 17.3. The van der Waals surface area contributed by atoms with Crippen molar-refractivity contribution in [3.8, 4) is 0 Å². The Morgan fingerprint density at radius 1 is 1.25 bits per heavy atom. The highest BCUT2D eigenvalue weighted by Gasteiger charge is 2.32. The fraction of sp³-hybridized carbons (Fsp3) is 0.455. The van der Waals surface area contributed by atoms with Gasteiger partial charge in [0.05, 0.1) is 29.6 Å². The van der Waals surface area contributed by atoms with E-state index >= 15 is 0 Å². The molecule has 2 N–H and O–H groups in total. The molecule has 1 aliphatic rings. The van der Waals surface area contributed by atoms with Gasteiger partial charge in [0, 0.05) is 12.0 Å². The molecule has 3 rings (SSSR count). The number of carbonyl (C=O) groups excluding carboxylic acids is 2. The number of ether oxygens (including phenoxy) is 1. The van der Waals surface area contributed by atoms with E-state index < -0.39 is 0 Å². The van der Waals surface area contributed by atoms with Crippen LogP contribution in [0.2, 0.25) is 0 Å². The molecule has 1 amide bonds. The number of benzene rings is 1. The summed E-state index contributed by atoms with van der Waals surface area (Å²) in [4.78, 5) is 28.2. The lowest BCUT2D eigenvalue weighted by Crippen LogP contribution is -3.14. The van der Waals surface area contributed by atoms with E-state index in [9.17, 15) is 9.59 Å². The van der Waals surface area contributed by atoms with Crippen molar-refractivity contribution < 1.29 is 19.2 Å². The first-order valence-corrected chi connectivity index (χ1v) is 10.7. The number of hydrogen-bond acceptors (Lipinski definition) is 4. The van der Waals surface area contributed by atoms with E-state index in [1.165, 1.54) is 21.1 Å². The summed E-state index contributed by atoms with van der Waals surface area (Å²) in [6.45, 7) is 12.4. The Morgan fingerprint density at radius 3 is 2.64 bits per heavy atom. The van der Waals surface area contributed by atoms with Crippen molar-refractivity contribution >= 4 is 28.2 Å². The number of hydrogen-bond donors (Lipinski definition) is 2. The van der Waals surface area contributed by atoms with Crippen molar-refractivity contribution in [1.82, 2.24) is 0 Å². The molecule has 150 valence electrons. The van der Waals surface area contributed by atoms with Crippen LogP contribution in [-0.4, -0.2) is 31.1 Å². The van der Waals surface area contributed by atoms with Crippen molar-refractivity contribution in [1.29, 1.82) is 0 Å². The normalized spacial score (nSPS) is 16.0. The molecule has 1 aliphatic heterocycles. The third kappa shape index (κ3) is 4.13. The van der Waals surface area contributed by atoms with E-state index in [2.05, 4.69) is 19.2 Å². The topological polar surface area (TPSA) is 59.8 Å². The number of aryl methyl sites for hydroxylation is 2. The molecule has 2 heterocycles. The minimum Gasteiger partial charge on any atom is -0.462 e. The van der Waals surface area contributed by atoms with Crippen LogP contribution in [0.4, 0.5) is 5.00 Å². The van der Waals surface area contributed by atoms with Crippen LogP contribution >= 0.6 is 11.3 Å². The fourth-order valence-corrected chi connectivity index (χ4v) is 4.84. The van der Waals surface area contributed by atoms with Gasteiger partial charge in [0.25, 0.3) is 5.91 Å². The van der Waals surface area contributed by atoms with Gasteiger partial charge in [0.1, 0.15) is 11.5 Å². The van der Waals surface area contributed by atoms with Crippen molar-refractivity contribution in [3.05, 3.63) is 50.9 Å². The second kappa shape index (κ2) is 8.45. The van der Waals surface area contributed by atoms with Crippen molar-refractivity contribution in [2.45, 2.75) is 53.6 Å². The summed E-state index contributed by atoms with van der Waals surface area (Å²) >= 11 is 1.51. The number of quaternary nitrogens is 1. The summed E-state index contributed by atoms with van der Waals surface area (Å²) in [6, 6.07) is 6.17. The van der Waals surface area contributed by atoms with Gasteiger partial charge < -0.3 is 15.0 Å². The SMILES string of the molecule is CCOC(=O)c1c(NC(=O)c2ccc(C)c(C)c2)sc2c1CC[NH+](C(C)C)C2. The molecule has 0 bridgehead atoms. The number of esters is 1. The molecule has 1 aromatic heterocycles. The summed E-state index contributed by atoms with van der Waals surface area (Å²) in [7, 11) is 0. The highest BCUT2D eigenvalue weighted by molar-refractivity contribution is 7.17. The van der Waals surface area contributed by atoms with Gasteiger partial charge in [0.15, 0.2) is 0 Å². The van der Waals surface area contributed by atoms with E-state index in [0.29, 0.717) is 28.8 Å². The Bertz CT molecular complexity index is 901. The summed E-state index contributed by atoms with van der Waals surface area (Å²) in [5.74, 6) is -0.538. The van der Waals surface area contributed by atoms with Crippen LogP contribution in [0.25, 0.3) is 0 Å². The molecule has 0 fully saturated rings. The molecule has 1 aromatic carbocycles. The molecule has 1 unspecified atom stereocenters. The molecule has 2 aromatic rings. The van der Waals surface area contributed by atoms with Crippen molar-refractivity contribution in [2.75, 3.05) is 18.5 Å². The second-order valence-electron chi connectivity index (χ2n) is 7.67. The average Bonchev–Trinajstić information content (AvgIpc) is 3.00. The Hall–Kier alpha value is -2.18.